The average molecular weight is 514 g/mol. The number of hydrogen-bond acceptors (Lipinski definition) is 3. The van der Waals surface area contributed by atoms with Crippen LogP contribution in [0, 0.1) is 6.07 Å². The monoisotopic (exact) mass is 514 g/mol. The summed E-state index contributed by atoms with van der Waals surface area (Å²) in [4.78, 5) is 13.7. The van der Waals surface area contributed by atoms with E-state index in [1.165, 1.54) is 0 Å². The standard InChI is InChI=1S/C21H13N4.Ir/c1-2-8-16-15(7-1)19(17-9-3-5-11-22-17)20(18-10-4-6-12-23-18)25-14-13-24-21(16)25;/h1-7,9-14H;/q-1;. The molecule has 0 aliphatic heterocycles. The van der Waals surface area contributed by atoms with Gasteiger partial charge in [0, 0.05) is 44.9 Å². The van der Waals surface area contributed by atoms with E-state index in [1.807, 2.05) is 73.3 Å². The van der Waals surface area contributed by atoms with Crippen molar-refractivity contribution in [2.24, 2.45) is 0 Å². The molecule has 0 amide bonds. The van der Waals surface area contributed by atoms with Crippen LogP contribution in [0.2, 0.25) is 0 Å². The number of aromatic nitrogens is 4. The van der Waals surface area contributed by atoms with Crippen molar-refractivity contribution in [3.8, 4) is 22.6 Å². The van der Waals surface area contributed by atoms with Gasteiger partial charge in [-0.1, -0.05) is 17.5 Å². The minimum atomic E-state index is 0. The molecular weight excluding hydrogens is 500 g/mol. The Balaban J connectivity index is 0.00000168. The summed E-state index contributed by atoms with van der Waals surface area (Å²) in [6.07, 6.45) is 7.39. The van der Waals surface area contributed by atoms with Gasteiger partial charge in [-0.3, -0.25) is 15.0 Å². The van der Waals surface area contributed by atoms with Crippen molar-refractivity contribution in [1.82, 2.24) is 19.4 Å². The average Bonchev–Trinajstić information content (AvgIpc) is 3.18. The van der Waals surface area contributed by atoms with Gasteiger partial charge in [0.25, 0.3) is 0 Å². The van der Waals surface area contributed by atoms with E-state index >= 15 is 0 Å². The number of pyridine rings is 3. The van der Waals surface area contributed by atoms with Gasteiger partial charge < -0.3 is 4.40 Å². The molecule has 0 bridgehead atoms. The summed E-state index contributed by atoms with van der Waals surface area (Å²) >= 11 is 0. The SMILES string of the molecule is [Ir].[c-]1cccc2c(-c3ccccn3)c(-c3ccccn3)n3ccnc3c12. The largest absolute Gasteiger partial charge is 0.338 e. The molecule has 4 aromatic heterocycles. The number of nitrogens with zero attached hydrogens (tertiary/aromatic N) is 4. The Morgan fingerprint density at radius 1 is 0.769 bits per heavy atom. The van der Waals surface area contributed by atoms with Crippen LogP contribution in [0.1, 0.15) is 0 Å². The maximum atomic E-state index is 4.60. The maximum Gasteiger partial charge on any atom is 0.0861 e. The van der Waals surface area contributed by atoms with Gasteiger partial charge in [0.05, 0.1) is 22.7 Å². The summed E-state index contributed by atoms with van der Waals surface area (Å²) in [7, 11) is 0. The molecule has 5 heteroatoms. The third kappa shape index (κ3) is 2.53. The molecule has 0 spiro atoms. The van der Waals surface area contributed by atoms with Gasteiger partial charge in [-0.25, -0.2) is 0 Å². The van der Waals surface area contributed by atoms with Crippen molar-refractivity contribution in [3.05, 3.63) is 85.5 Å². The van der Waals surface area contributed by atoms with Crippen molar-refractivity contribution < 1.29 is 20.1 Å². The van der Waals surface area contributed by atoms with Crippen LogP contribution in [-0.2, 0) is 20.1 Å². The Labute approximate surface area is 163 Å². The van der Waals surface area contributed by atoms with E-state index in [0.29, 0.717) is 0 Å². The Hall–Kier alpha value is -2.88. The summed E-state index contributed by atoms with van der Waals surface area (Å²) < 4.78 is 2.07. The molecule has 5 rings (SSSR count). The molecule has 0 fully saturated rings. The van der Waals surface area contributed by atoms with Gasteiger partial charge in [-0.15, -0.1) is 29.7 Å². The molecule has 1 aromatic carbocycles. The first kappa shape index (κ1) is 16.6. The zero-order valence-corrected chi connectivity index (χ0v) is 16.0. The minimum absolute atomic E-state index is 0. The molecular formula is C21H13IrN4-. The van der Waals surface area contributed by atoms with E-state index in [2.05, 4.69) is 31.5 Å². The molecule has 0 aliphatic rings. The Morgan fingerprint density at radius 2 is 1.54 bits per heavy atom. The molecule has 0 N–H and O–H groups in total. The maximum absolute atomic E-state index is 4.60. The van der Waals surface area contributed by atoms with Crippen molar-refractivity contribution >= 4 is 16.4 Å². The van der Waals surface area contributed by atoms with Gasteiger partial charge in [-0.05, 0) is 29.8 Å². The zero-order chi connectivity index (χ0) is 16.6. The van der Waals surface area contributed by atoms with Gasteiger partial charge in [0.1, 0.15) is 0 Å². The van der Waals surface area contributed by atoms with Crippen molar-refractivity contribution in [3.63, 3.8) is 0 Å². The van der Waals surface area contributed by atoms with Crippen LogP contribution in [0.4, 0.5) is 0 Å². The van der Waals surface area contributed by atoms with Crippen LogP contribution in [0.15, 0.2) is 79.4 Å². The van der Waals surface area contributed by atoms with Gasteiger partial charge in [-0.2, -0.15) is 0 Å². The second-order valence-electron chi connectivity index (χ2n) is 5.73. The van der Waals surface area contributed by atoms with E-state index in [-0.39, 0.29) is 20.1 Å². The van der Waals surface area contributed by atoms with Gasteiger partial charge in [0.15, 0.2) is 0 Å². The second-order valence-corrected chi connectivity index (χ2v) is 5.73. The Kier molecular flexibility index (Phi) is 4.33. The molecule has 26 heavy (non-hydrogen) atoms. The van der Waals surface area contributed by atoms with E-state index in [9.17, 15) is 0 Å². The topological polar surface area (TPSA) is 43.1 Å². The fourth-order valence-corrected chi connectivity index (χ4v) is 3.27. The summed E-state index contributed by atoms with van der Waals surface area (Å²) in [5.74, 6) is 0. The third-order valence-electron chi connectivity index (χ3n) is 4.30. The molecule has 4 heterocycles. The zero-order valence-electron chi connectivity index (χ0n) is 13.6. The molecule has 0 saturated carbocycles. The fourth-order valence-electron chi connectivity index (χ4n) is 3.27. The Bertz CT molecular complexity index is 1180. The Morgan fingerprint density at radius 3 is 2.27 bits per heavy atom. The molecule has 0 saturated heterocycles. The fraction of sp³-hybridized carbons (Fsp3) is 0. The van der Waals surface area contributed by atoms with Crippen LogP contribution in [0.3, 0.4) is 0 Å². The first-order chi connectivity index (χ1) is 12.4. The number of imidazole rings is 1. The van der Waals surface area contributed by atoms with E-state index < -0.39 is 0 Å². The predicted octanol–water partition coefficient (Wildman–Crippen LogP) is 4.41. The molecule has 5 aromatic rings. The quantitative estimate of drug-likeness (QED) is 0.329. The molecule has 1 radical (unpaired) electrons. The van der Waals surface area contributed by atoms with Crippen LogP contribution in [0.25, 0.3) is 39.1 Å². The third-order valence-corrected chi connectivity index (χ3v) is 4.30. The van der Waals surface area contributed by atoms with Crippen LogP contribution >= 0.6 is 0 Å². The normalized spacial score (nSPS) is 10.8. The number of benzene rings is 1. The van der Waals surface area contributed by atoms with Crippen LogP contribution < -0.4 is 0 Å². The minimum Gasteiger partial charge on any atom is -0.338 e. The summed E-state index contributed by atoms with van der Waals surface area (Å²) in [6, 6.07) is 21.2. The van der Waals surface area contributed by atoms with Crippen molar-refractivity contribution in [2.45, 2.75) is 0 Å². The number of fused-ring (bicyclic) bond motifs is 3. The van der Waals surface area contributed by atoms with E-state index in [1.54, 1.807) is 0 Å². The smallest absolute Gasteiger partial charge is 0.0861 e. The first-order valence-corrected chi connectivity index (χ1v) is 8.06. The molecule has 0 aliphatic carbocycles. The molecule has 0 atom stereocenters. The van der Waals surface area contributed by atoms with Gasteiger partial charge in [0.2, 0.25) is 0 Å². The molecule has 0 unspecified atom stereocenters. The van der Waals surface area contributed by atoms with Crippen molar-refractivity contribution in [2.75, 3.05) is 0 Å². The van der Waals surface area contributed by atoms with Crippen molar-refractivity contribution in [1.29, 1.82) is 0 Å². The van der Waals surface area contributed by atoms with E-state index in [0.717, 1.165) is 39.1 Å². The number of hydrogen-bond donors (Lipinski definition) is 0. The van der Waals surface area contributed by atoms with E-state index in [4.69, 9.17) is 0 Å². The molecule has 127 valence electrons. The summed E-state index contributed by atoms with van der Waals surface area (Å²) in [5, 5.41) is 2.05. The van der Waals surface area contributed by atoms with Crippen LogP contribution in [0.5, 0.6) is 0 Å². The first-order valence-electron chi connectivity index (χ1n) is 8.06. The summed E-state index contributed by atoms with van der Waals surface area (Å²) in [6.45, 7) is 0. The number of rotatable bonds is 2. The van der Waals surface area contributed by atoms with Gasteiger partial charge >= 0.3 is 0 Å². The second kappa shape index (κ2) is 6.79. The summed E-state index contributed by atoms with van der Waals surface area (Å²) in [5.41, 5.74) is 4.69. The predicted molar refractivity (Wildman–Crippen MR) is 98.0 cm³/mol. The molecule has 4 nitrogen and oxygen atoms in total. The van der Waals surface area contributed by atoms with Crippen LogP contribution in [-0.4, -0.2) is 19.4 Å².